The van der Waals surface area contributed by atoms with Crippen molar-refractivity contribution < 1.29 is 9.59 Å². The van der Waals surface area contributed by atoms with Crippen molar-refractivity contribution in [2.24, 2.45) is 0 Å². The number of hydrogen-bond donors (Lipinski definition) is 1. The third kappa shape index (κ3) is 2.14. The van der Waals surface area contributed by atoms with Gasteiger partial charge in [-0.25, -0.2) is 4.79 Å². The van der Waals surface area contributed by atoms with Crippen LogP contribution in [-0.4, -0.2) is 11.9 Å². The molecule has 20 heavy (non-hydrogen) atoms. The minimum Gasteiger partial charge on any atom is -0.277 e. The molecule has 5 heteroatoms. The number of rotatable bonds is 2. The number of imide groups is 1. The Hall–Kier alpha value is -2.33. The summed E-state index contributed by atoms with van der Waals surface area (Å²) in [7, 11) is 0. The molecule has 0 aliphatic carbocycles. The van der Waals surface area contributed by atoms with E-state index in [1.807, 2.05) is 30.3 Å². The minimum absolute atomic E-state index is 0.323. The quantitative estimate of drug-likeness (QED) is 0.862. The number of urea groups is 1. The van der Waals surface area contributed by atoms with Crippen LogP contribution >= 0.6 is 11.6 Å². The molecule has 1 heterocycles. The lowest BCUT2D eigenvalue weighted by atomic mass is 10.1. The fourth-order valence-electron chi connectivity index (χ4n) is 2.27. The van der Waals surface area contributed by atoms with Crippen molar-refractivity contribution in [3.05, 3.63) is 65.2 Å². The van der Waals surface area contributed by atoms with Gasteiger partial charge in [-0.3, -0.25) is 15.0 Å². The van der Waals surface area contributed by atoms with Crippen molar-refractivity contribution in [1.82, 2.24) is 5.32 Å². The molecule has 0 saturated carbocycles. The summed E-state index contributed by atoms with van der Waals surface area (Å²) in [4.78, 5) is 25.5. The fraction of sp³-hybridized carbons (Fsp3) is 0.0667. The summed E-state index contributed by atoms with van der Waals surface area (Å²) >= 11 is 5.85. The van der Waals surface area contributed by atoms with Gasteiger partial charge in [0.05, 0.1) is 0 Å². The van der Waals surface area contributed by atoms with E-state index in [-0.39, 0.29) is 5.91 Å². The fourth-order valence-corrected chi connectivity index (χ4v) is 2.40. The molecule has 2 aromatic carbocycles. The Morgan fingerprint density at radius 1 is 0.950 bits per heavy atom. The van der Waals surface area contributed by atoms with E-state index in [1.54, 1.807) is 24.3 Å². The average Bonchev–Trinajstić information content (AvgIpc) is 2.75. The van der Waals surface area contributed by atoms with Crippen molar-refractivity contribution in [3.8, 4) is 0 Å². The van der Waals surface area contributed by atoms with Gasteiger partial charge in [-0.05, 0) is 29.8 Å². The Bertz CT molecular complexity index is 655. The van der Waals surface area contributed by atoms with E-state index in [0.717, 1.165) is 5.56 Å². The topological polar surface area (TPSA) is 49.4 Å². The number of anilines is 1. The maximum Gasteiger partial charge on any atom is 0.329 e. The Kier molecular flexibility index (Phi) is 3.16. The van der Waals surface area contributed by atoms with E-state index in [0.29, 0.717) is 10.7 Å². The van der Waals surface area contributed by atoms with Crippen LogP contribution in [0.2, 0.25) is 5.02 Å². The van der Waals surface area contributed by atoms with Gasteiger partial charge in [-0.1, -0.05) is 41.9 Å². The highest BCUT2D eigenvalue weighted by Gasteiger charge is 2.40. The van der Waals surface area contributed by atoms with Crippen LogP contribution in [0.1, 0.15) is 11.6 Å². The molecule has 1 atom stereocenters. The van der Waals surface area contributed by atoms with Gasteiger partial charge in [0.15, 0.2) is 0 Å². The summed E-state index contributed by atoms with van der Waals surface area (Å²) in [5.74, 6) is -0.323. The molecule has 0 spiro atoms. The average molecular weight is 287 g/mol. The third-order valence-electron chi connectivity index (χ3n) is 3.18. The normalized spacial score (nSPS) is 18.2. The van der Waals surface area contributed by atoms with Gasteiger partial charge in [0.2, 0.25) is 0 Å². The Balaban J connectivity index is 2.04. The predicted octanol–water partition coefficient (Wildman–Crippen LogP) is 3.14. The second-order valence-electron chi connectivity index (χ2n) is 4.45. The van der Waals surface area contributed by atoms with Crippen LogP contribution in [0.3, 0.4) is 0 Å². The number of hydrogen-bond acceptors (Lipinski definition) is 2. The first-order valence-electron chi connectivity index (χ1n) is 6.11. The lowest BCUT2D eigenvalue weighted by Crippen LogP contribution is -2.29. The molecular formula is C15H11ClN2O2. The first kappa shape index (κ1) is 12.7. The molecule has 2 aromatic rings. The molecule has 1 N–H and O–H groups in total. The Morgan fingerprint density at radius 2 is 1.60 bits per heavy atom. The molecular weight excluding hydrogens is 276 g/mol. The van der Waals surface area contributed by atoms with Crippen molar-refractivity contribution >= 4 is 29.2 Å². The molecule has 0 bridgehead atoms. The summed E-state index contributed by atoms with van der Waals surface area (Å²) < 4.78 is 0. The second-order valence-corrected chi connectivity index (χ2v) is 4.89. The maximum absolute atomic E-state index is 12.0. The zero-order chi connectivity index (χ0) is 14.1. The van der Waals surface area contributed by atoms with E-state index in [4.69, 9.17) is 11.6 Å². The molecule has 1 unspecified atom stereocenters. The Labute approximate surface area is 121 Å². The van der Waals surface area contributed by atoms with E-state index in [1.165, 1.54) is 4.90 Å². The smallest absolute Gasteiger partial charge is 0.277 e. The van der Waals surface area contributed by atoms with Crippen LogP contribution in [-0.2, 0) is 4.79 Å². The molecule has 1 fully saturated rings. The van der Waals surface area contributed by atoms with Crippen LogP contribution in [0.5, 0.6) is 0 Å². The molecule has 0 radical (unpaired) electrons. The zero-order valence-electron chi connectivity index (χ0n) is 10.4. The number of benzene rings is 2. The lowest BCUT2D eigenvalue weighted by molar-refractivity contribution is -0.119. The Morgan fingerprint density at radius 3 is 2.25 bits per heavy atom. The van der Waals surface area contributed by atoms with Crippen LogP contribution in [0.25, 0.3) is 0 Å². The summed E-state index contributed by atoms with van der Waals surface area (Å²) in [6.07, 6.45) is 0. The van der Waals surface area contributed by atoms with Gasteiger partial charge in [0.25, 0.3) is 5.91 Å². The number of carbonyl (C=O) groups is 2. The first-order chi connectivity index (χ1) is 9.66. The third-order valence-corrected chi connectivity index (χ3v) is 3.43. The summed E-state index contributed by atoms with van der Waals surface area (Å²) in [6, 6.07) is 14.9. The number of carbonyl (C=O) groups excluding carboxylic acids is 2. The summed E-state index contributed by atoms with van der Waals surface area (Å²) in [6.45, 7) is 0. The highest BCUT2D eigenvalue weighted by molar-refractivity contribution is 6.30. The van der Waals surface area contributed by atoms with Crippen LogP contribution in [0.4, 0.5) is 10.5 Å². The van der Waals surface area contributed by atoms with Gasteiger partial charge >= 0.3 is 6.03 Å². The molecule has 3 rings (SSSR count). The SMILES string of the molecule is O=C1NC(=O)N(c2ccc(Cl)cc2)C1c1ccccc1. The van der Waals surface area contributed by atoms with Gasteiger partial charge in [0.1, 0.15) is 6.04 Å². The predicted molar refractivity (Wildman–Crippen MR) is 76.7 cm³/mol. The highest BCUT2D eigenvalue weighted by atomic mass is 35.5. The lowest BCUT2D eigenvalue weighted by Gasteiger charge is -2.22. The number of halogens is 1. The van der Waals surface area contributed by atoms with Crippen LogP contribution in [0, 0.1) is 0 Å². The second kappa shape index (κ2) is 4.98. The van der Waals surface area contributed by atoms with Gasteiger partial charge in [0, 0.05) is 10.7 Å². The van der Waals surface area contributed by atoms with Crippen molar-refractivity contribution in [1.29, 1.82) is 0 Å². The molecule has 1 saturated heterocycles. The largest absolute Gasteiger partial charge is 0.329 e. The minimum atomic E-state index is -0.648. The van der Waals surface area contributed by atoms with Gasteiger partial charge < -0.3 is 0 Å². The first-order valence-corrected chi connectivity index (χ1v) is 6.49. The van der Waals surface area contributed by atoms with Gasteiger partial charge in [-0.15, -0.1) is 0 Å². The number of nitrogens with zero attached hydrogens (tertiary/aromatic N) is 1. The monoisotopic (exact) mass is 286 g/mol. The zero-order valence-corrected chi connectivity index (χ0v) is 11.2. The van der Waals surface area contributed by atoms with Gasteiger partial charge in [-0.2, -0.15) is 0 Å². The van der Waals surface area contributed by atoms with Crippen LogP contribution in [0.15, 0.2) is 54.6 Å². The maximum atomic E-state index is 12.0. The summed E-state index contributed by atoms with van der Waals surface area (Å²) in [5, 5.41) is 2.92. The molecule has 4 nitrogen and oxygen atoms in total. The van der Waals surface area contributed by atoms with E-state index in [9.17, 15) is 9.59 Å². The van der Waals surface area contributed by atoms with E-state index >= 15 is 0 Å². The summed E-state index contributed by atoms with van der Waals surface area (Å²) in [5.41, 5.74) is 1.40. The number of amides is 3. The molecule has 3 amide bonds. The standard InChI is InChI=1S/C15H11ClN2O2/c16-11-6-8-12(9-7-11)18-13(14(19)17-15(18)20)10-4-2-1-3-5-10/h1-9,13H,(H,17,19,20). The number of nitrogens with one attached hydrogen (secondary N) is 1. The molecule has 1 aliphatic rings. The molecule has 0 aromatic heterocycles. The van der Waals surface area contributed by atoms with Crippen molar-refractivity contribution in [3.63, 3.8) is 0 Å². The molecule has 100 valence electrons. The highest BCUT2D eigenvalue weighted by Crippen LogP contribution is 2.31. The van der Waals surface area contributed by atoms with E-state index in [2.05, 4.69) is 5.32 Å². The van der Waals surface area contributed by atoms with Crippen molar-refractivity contribution in [2.75, 3.05) is 4.90 Å². The van der Waals surface area contributed by atoms with E-state index < -0.39 is 12.1 Å². The van der Waals surface area contributed by atoms with Crippen molar-refractivity contribution in [2.45, 2.75) is 6.04 Å². The molecule has 1 aliphatic heterocycles. The van der Waals surface area contributed by atoms with Crippen LogP contribution < -0.4 is 10.2 Å².